The first-order chi connectivity index (χ1) is 9.30. The predicted molar refractivity (Wildman–Crippen MR) is 74.6 cm³/mol. The monoisotopic (exact) mass is 300 g/mol. The van der Waals surface area contributed by atoms with Crippen molar-refractivity contribution < 1.29 is 18.4 Å². The van der Waals surface area contributed by atoms with Crippen LogP contribution in [-0.4, -0.2) is 43.0 Å². The van der Waals surface area contributed by atoms with Gasteiger partial charge in [-0.15, -0.1) is 0 Å². The molecule has 1 atom stereocenters. The van der Waals surface area contributed by atoms with E-state index in [2.05, 4.69) is 0 Å². The number of anilines is 1. The van der Waals surface area contributed by atoms with E-state index in [4.69, 9.17) is 0 Å². The Bertz CT molecular complexity index is 613. The summed E-state index contributed by atoms with van der Waals surface area (Å²) in [6.45, 7) is 2.03. The lowest BCUT2D eigenvalue weighted by atomic mass is 10.1. The molecule has 7 nitrogen and oxygen atoms in total. The Balaban J connectivity index is 2.34. The van der Waals surface area contributed by atoms with Crippen LogP contribution in [0.5, 0.6) is 0 Å². The number of aliphatic hydroxyl groups is 1. The molecular weight excluding hydrogens is 284 g/mol. The minimum absolute atomic E-state index is 0.00229. The number of hydrogen-bond acceptors (Lipinski definition) is 6. The lowest BCUT2D eigenvalue weighted by Gasteiger charge is -2.28. The van der Waals surface area contributed by atoms with E-state index in [1.165, 1.54) is 13.0 Å². The zero-order chi connectivity index (χ0) is 14.9. The van der Waals surface area contributed by atoms with Gasteiger partial charge in [0.15, 0.2) is 9.84 Å². The fourth-order valence-electron chi connectivity index (χ4n) is 2.17. The smallest absolute Gasteiger partial charge is 0.292 e. The molecule has 1 aromatic rings. The summed E-state index contributed by atoms with van der Waals surface area (Å²) < 4.78 is 22.8. The highest BCUT2D eigenvalue weighted by Crippen LogP contribution is 2.32. The Kier molecular flexibility index (Phi) is 3.96. The lowest BCUT2D eigenvalue weighted by molar-refractivity contribution is -0.384. The molecule has 1 unspecified atom stereocenters. The van der Waals surface area contributed by atoms with Gasteiger partial charge in [-0.1, -0.05) is 6.07 Å². The maximum atomic E-state index is 11.4. The van der Waals surface area contributed by atoms with Crippen molar-refractivity contribution in [1.82, 2.24) is 0 Å². The van der Waals surface area contributed by atoms with Gasteiger partial charge >= 0.3 is 0 Å². The van der Waals surface area contributed by atoms with Gasteiger partial charge in [-0.3, -0.25) is 10.1 Å². The summed E-state index contributed by atoms with van der Waals surface area (Å²) in [5.74, 6) is 0.00458. The molecule has 0 spiro atoms. The molecule has 20 heavy (non-hydrogen) atoms. The van der Waals surface area contributed by atoms with Gasteiger partial charge in [0.05, 0.1) is 22.5 Å². The number of rotatable bonds is 3. The van der Waals surface area contributed by atoms with Crippen LogP contribution in [0.3, 0.4) is 0 Å². The van der Waals surface area contributed by atoms with Crippen molar-refractivity contribution >= 4 is 21.2 Å². The highest BCUT2D eigenvalue weighted by Gasteiger charge is 2.27. The van der Waals surface area contributed by atoms with Gasteiger partial charge in [0.1, 0.15) is 5.69 Å². The number of aliphatic hydroxyl groups excluding tert-OH is 1. The van der Waals surface area contributed by atoms with E-state index in [1.54, 1.807) is 17.0 Å². The average Bonchev–Trinajstić information content (AvgIpc) is 2.38. The Labute approximate surface area is 116 Å². The fraction of sp³-hybridized carbons (Fsp3) is 0.500. The summed E-state index contributed by atoms with van der Waals surface area (Å²) in [4.78, 5) is 12.3. The van der Waals surface area contributed by atoms with Gasteiger partial charge in [-0.2, -0.15) is 0 Å². The first-order valence-electron chi connectivity index (χ1n) is 6.22. The van der Waals surface area contributed by atoms with Crippen LogP contribution in [0.15, 0.2) is 18.2 Å². The third-order valence-corrected chi connectivity index (χ3v) is 4.97. The van der Waals surface area contributed by atoms with E-state index in [0.717, 1.165) is 0 Å². The molecule has 110 valence electrons. The van der Waals surface area contributed by atoms with E-state index in [0.29, 0.717) is 11.3 Å². The van der Waals surface area contributed by atoms with Crippen molar-refractivity contribution in [2.45, 2.75) is 13.0 Å². The summed E-state index contributed by atoms with van der Waals surface area (Å²) in [6, 6.07) is 4.53. The minimum Gasteiger partial charge on any atom is -0.389 e. The van der Waals surface area contributed by atoms with E-state index in [-0.39, 0.29) is 30.3 Å². The number of sulfone groups is 1. The van der Waals surface area contributed by atoms with Crippen LogP contribution in [0.2, 0.25) is 0 Å². The molecule has 1 N–H and O–H groups in total. The van der Waals surface area contributed by atoms with Gasteiger partial charge in [-0.05, 0) is 18.6 Å². The SMILES string of the molecule is CC(O)c1ccc(N2CCS(=O)(=O)CC2)c([N+](=O)[O-])c1. The Hall–Kier alpha value is -1.67. The molecule has 1 saturated heterocycles. The van der Waals surface area contributed by atoms with Crippen molar-refractivity contribution in [3.05, 3.63) is 33.9 Å². The van der Waals surface area contributed by atoms with Gasteiger partial charge in [0.25, 0.3) is 5.69 Å². The van der Waals surface area contributed by atoms with Crippen molar-refractivity contribution in [3.63, 3.8) is 0 Å². The molecule has 0 amide bonds. The molecule has 0 saturated carbocycles. The van der Waals surface area contributed by atoms with E-state index in [1.807, 2.05) is 0 Å². The second-order valence-corrected chi connectivity index (χ2v) is 7.12. The molecule has 1 aromatic carbocycles. The topological polar surface area (TPSA) is 101 Å². The number of nitro groups is 1. The first-order valence-corrected chi connectivity index (χ1v) is 8.04. The summed E-state index contributed by atoms with van der Waals surface area (Å²) in [5.41, 5.74) is 0.752. The third-order valence-electron chi connectivity index (χ3n) is 3.36. The first kappa shape index (κ1) is 14.7. The van der Waals surface area contributed by atoms with Crippen LogP contribution >= 0.6 is 0 Å². The molecular formula is C12H16N2O5S. The Morgan fingerprint density at radius 1 is 1.35 bits per heavy atom. The zero-order valence-corrected chi connectivity index (χ0v) is 11.8. The van der Waals surface area contributed by atoms with Crippen molar-refractivity contribution in [2.75, 3.05) is 29.5 Å². The maximum absolute atomic E-state index is 11.4. The van der Waals surface area contributed by atoms with Crippen molar-refractivity contribution in [2.24, 2.45) is 0 Å². The highest BCUT2D eigenvalue weighted by atomic mass is 32.2. The molecule has 0 bridgehead atoms. The fourth-order valence-corrected chi connectivity index (χ4v) is 3.37. The normalized spacial score (nSPS) is 19.6. The summed E-state index contributed by atoms with van der Waals surface area (Å²) in [5, 5.41) is 20.6. The predicted octanol–water partition coefficient (Wildman–Crippen LogP) is 0.883. The standard InChI is InChI=1S/C12H16N2O5S/c1-9(15)10-2-3-11(12(8-10)14(16)17)13-4-6-20(18,19)7-5-13/h2-3,8-9,15H,4-7H2,1H3. The molecule has 8 heteroatoms. The van der Waals surface area contributed by atoms with Crippen LogP contribution in [-0.2, 0) is 9.84 Å². The van der Waals surface area contributed by atoms with Crippen molar-refractivity contribution in [3.8, 4) is 0 Å². The average molecular weight is 300 g/mol. The van der Waals surface area contributed by atoms with Crippen LogP contribution < -0.4 is 4.90 Å². The maximum Gasteiger partial charge on any atom is 0.292 e. The number of nitro benzene ring substituents is 1. The van der Waals surface area contributed by atoms with Gasteiger partial charge < -0.3 is 10.0 Å². The Morgan fingerprint density at radius 3 is 2.45 bits per heavy atom. The number of benzene rings is 1. The molecule has 1 fully saturated rings. The van der Waals surface area contributed by atoms with Crippen LogP contribution in [0, 0.1) is 10.1 Å². The van der Waals surface area contributed by atoms with Gasteiger partial charge in [0, 0.05) is 19.2 Å². The quantitative estimate of drug-likeness (QED) is 0.657. The molecule has 0 aromatic heterocycles. The lowest BCUT2D eigenvalue weighted by Crippen LogP contribution is -2.40. The zero-order valence-electron chi connectivity index (χ0n) is 11.0. The summed E-state index contributed by atoms with van der Waals surface area (Å²) in [7, 11) is -3.03. The largest absolute Gasteiger partial charge is 0.389 e. The summed E-state index contributed by atoms with van der Waals surface area (Å²) >= 11 is 0. The second-order valence-electron chi connectivity index (χ2n) is 4.82. The van der Waals surface area contributed by atoms with Gasteiger partial charge in [0.2, 0.25) is 0 Å². The molecule has 1 aliphatic heterocycles. The molecule has 1 heterocycles. The highest BCUT2D eigenvalue weighted by molar-refractivity contribution is 7.91. The van der Waals surface area contributed by atoms with Crippen LogP contribution in [0.1, 0.15) is 18.6 Å². The Morgan fingerprint density at radius 2 is 1.95 bits per heavy atom. The molecule has 1 aliphatic rings. The minimum atomic E-state index is -3.03. The second kappa shape index (κ2) is 5.37. The van der Waals surface area contributed by atoms with E-state index in [9.17, 15) is 23.6 Å². The van der Waals surface area contributed by atoms with Gasteiger partial charge in [-0.25, -0.2) is 8.42 Å². The number of nitrogens with zero attached hydrogens (tertiary/aromatic N) is 2. The van der Waals surface area contributed by atoms with Crippen LogP contribution in [0.25, 0.3) is 0 Å². The third kappa shape index (κ3) is 3.07. The van der Waals surface area contributed by atoms with Crippen LogP contribution in [0.4, 0.5) is 11.4 Å². The number of hydrogen-bond donors (Lipinski definition) is 1. The molecule has 0 aliphatic carbocycles. The van der Waals surface area contributed by atoms with Crippen molar-refractivity contribution in [1.29, 1.82) is 0 Å². The van der Waals surface area contributed by atoms with E-state index < -0.39 is 20.9 Å². The van der Waals surface area contributed by atoms with E-state index >= 15 is 0 Å². The summed E-state index contributed by atoms with van der Waals surface area (Å²) in [6.07, 6.45) is -0.788. The molecule has 2 rings (SSSR count). The molecule has 0 radical (unpaired) electrons.